The number of aliphatic hydroxyl groups excluding tert-OH is 1. The Hall–Kier alpha value is -3.21. The van der Waals surface area contributed by atoms with Gasteiger partial charge >= 0.3 is 5.97 Å². The first-order valence-corrected chi connectivity index (χ1v) is 14.1. The van der Waals surface area contributed by atoms with Gasteiger partial charge in [-0.05, 0) is 99.3 Å². The van der Waals surface area contributed by atoms with Gasteiger partial charge in [-0.3, -0.25) is 4.79 Å². The zero-order valence-corrected chi connectivity index (χ0v) is 24.8. The molecule has 1 heterocycles. The fourth-order valence-corrected chi connectivity index (χ4v) is 6.04. The Kier molecular flexibility index (Phi) is 9.42. The molecule has 0 bridgehead atoms. The summed E-state index contributed by atoms with van der Waals surface area (Å²) in [5, 5.41) is 11.0. The van der Waals surface area contributed by atoms with Crippen LogP contribution in [0.2, 0.25) is 0 Å². The highest BCUT2D eigenvalue weighted by Crippen LogP contribution is 2.41. The van der Waals surface area contributed by atoms with E-state index in [1.807, 2.05) is 6.92 Å². The van der Waals surface area contributed by atoms with Crippen molar-refractivity contribution in [2.75, 3.05) is 6.61 Å². The maximum Gasteiger partial charge on any atom is 0.344 e. The minimum Gasteiger partial charge on any atom is -0.506 e. The first-order chi connectivity index (χ1) is 18.7. The topological polar surface area (TPSA) is 85.2 Å². The van der Waals surface area contributed by atoms with Crippen LogP contribution in [0.5, 0.6) is 5.75 Å². The van der Waals surface area contributed by atoms with E-state index in [4.69, 9.17) is 9.47 Å². The number of aliphatic hydroxyl groups is 1. The molecule has 0 atom stereocenters. The van der Waals surface area contributed by atoms with Crippen LogP contribution in [0.25, 0.3) is 6.08 Å². The van der Waals surface area contributed by atoms with Gasteiger partial charge in [0, 0.05) is 5.56 Å². The quantitative estimate of drug-likeness (QED) is 0.256. The van der Waals surface area contributed by atoms with Gasteiger partial charge in [-0.1, -0.05) is 41.6 Å². The molecule has 0 spiro atoms. The van der Waals surface area contributed by atoms with E-state index < -0.39 is 11.9 Å². The molecule has 3 aromatic carbocycles. The molecule has 1 N–H and O–H groups in total. The van der Waals surface area contributed by atoms with E-state index >= 15 is 0 Å². The highest BCUT2D eigenvalue weighted by atomic mass is 79.9. The standard InChI is InChI=1S/C29H22Br2FNO5S/c1-3-37-29(36)24-25(34)23(39-28(24)33-27(35)19-9-7-16(2)8-10-19)14-18-12-21(30)26(22(31)13-18)38-15-17-5-4-6-20(32)11-17/h4-14,34H,3,15H2,1-2H3/b23-14-,33-28?. The molecule has 1 aliphatic rings. The number of carbonyl (C=O) groups excluding carboxylic acids is 2. The molecular weight excluding hydrogens is 653 g/mol. The van der Waals surface area contributed by atoms with E-state index in [0.717, 1.165) is 17.3 Å². The Labute approximate surface area is 245 Å². The average Bonchev–Trinajstić information content (AvgIpc) is 3.18. The van der Waals surface area contributed by atoms with Crippen molar-refractivity contribution < 1.29 is 28.6 Å². The number of halogens is 3. The predicted octanol–water partition coefficient (Wildman–Crippen LogP) is 7.94. The van der Waals surface area contributed by atoms with Gasteiger partial charge < -0.3 is 14.6 Å². The highest BCUT2D eigenvalue weighted by molar-refractivity contribution is 9.11. The van der Waals surface area contributed by atoms with E-state index in [0.29, 0.717) is 36.3 Å². The SMILES string of the molecule is CCOC(=O)C1=C(O)/C(=C/c2cc(Br)c(OCc3cccc(F)c3)c(Br)c2)SC1=NC(=O)c1ccc(C)cc1. The lowest BCUT2D eigenvalue weighted by atomic mass is 10.1. The number of hydrogen-bond donors (Lipinski definition) is 1. The summed E-state index contributed by atoms with van der Waals surface area (Å²) in [7, 11) is 0. The molecule has 0 saturated heterocycles. The van der Waals surface area contributed by atoms with Gasteiger partial charge in [-0.25, -0.2) is 14.2 Å². The van der Waals surface area contributed by atoms with Gasteiger partial charge in [0.2, 0.25) is 0 Å². The lowest BCUT2D eigenvalue weighted by molar-refractivity contribution is -0.138. The van der Waals surface area contributed by atoms with E-state index in [1.165, 1.54) is 12.1 Å². The van der Waals surface area contributed by atoms with Crippen molar-refractivity contribution >= 4 is 66.6 Å². The first kappa shape index (κ1) is 28.8. The summed E-state index contributed by atoms with van der Waals surface area (Å²) in [5.74, 6) is -1.47. The van der Waals surface area contributed by atoms with Crippen molar-refractivity contribution in [3.63, 3.8) is 0 Å². The summed E-state index contributed by atoms with van der Waals surface area (Å²) >= 11 is 7.99. The second kappa shape index (κ2) is 12.8. The minimum absolute atomic E-state index is 0.0518. The Morgan fingerprint density at radius 3 is 2.41 bits per heavy atom. The molecule has 10 heteroatoms. The number of ether oxygens (including phenoxy) is 2. The third kappa shape index (κ3) is 7.06. The van der Waals surface area contributed by atoms with Gasteiger partial charge in [0.05, 0.1) is 20.5 Å². The number of rotatable bonds is 7. The van der Waals surface area contributed by atoms with Crippen LogP contribution >= 0.6 is 43.6 Å². The Morgan fingerprint density at radius 1 is 1.08 bits per heavy atom. The molecule has 200 valence electrons. The predicted molar refractivity (Wildman–Crippen MR) is 157 cm³/mol. The largest absolute Gasteiger partial charge is 0.506 e. The van der Waals surface area contributed by atoms with Crippen LogP contribution in [-0.4, -0.2) is 28.6 Å². The van der Waals surface area contributed by atoms with Crippen LogP contribution < -0.4 is 4.74 Å². The monoisotopic (exact) mass is 673 g/mol. The summed E-state index contributed by atoms with van der Waals surface area (Å²) in [6.45, 7) is 3.81. The van der Waals surface area contributed by atoms with Gasteiger partial charge in [0.1, 0.15) is 34.5 Å². The van der Waals surface area contributed by atoms with Gasteiger partial charge in [0.15, 0.2) is 0 Å². The van der Waals surface area contributed by atoms with Crippen LogP contribution in [-0.2, 0) is 16.1 Å². The molecular formula is C29H22Br2FNO5S. The number of nitrogens with zero attached hydrogens (tertiary/aromatic N) is 1. The fraction of sp³-hybridized carbons (Fsp3) is 0.138. The van der Waals surface area contributed by atoms with Crippen molar-refractivity contribution in [2.45, 2.75) is 20.5 Å². The van der Waals surface area contributed by atoms with Gasteiger partial charge in [-0.15, -0.1) is 0 Å². The Bertz CT molecular complexity index is 1510. The molecule has 0 aliphatic carbocycles. The molecule has 0 saturated carbocycles. The molecule has 1 aliphatic heterocycles. The molecule has 6 nitrogen and oxygen atoms in total. The van der Waals surface area contributed by atoms with Gasteiger partial charge in [0.25, 0.3) is 5.91 Å². The number of aliphatic imine (C=N–C) groups is 1. The summed E-state index contributed by atoms with van der Waals surface area (Å²) < 4.78 is 25.7. The zero-order valence-electron chi connectivity index (χ0n) is 20.8. The minimum atomic E-state index is -0.773. The van der Waals surface area contributed by atoms with Crippen LogP contribution in [0.4, 0.5) is 4.39 Å². The second-order valence-corrected chi connectivity index (χ2v) is 11.1. The molecule has 4 rings (SSSR count). The summed E-state index contributed by atoms with van der Waals surface area (Å²) in [6.07, 6.45) is 1.66. The third-order valence-corrected chi connectivity index (χ3v) is 7.66. The molecule has 0 radical (unpaired) electrons. The molecule has 0 aromatic heterocycles. The normalized spacial score (nSPS) is 15.2. The third-order valence-electron chi connectivity index (χ3n) is 5.46. The van der Waals surface area contributed by atoms with Crippen LogP contribution in [0.1, 0.15) is 34.0 Å². The van der Waals surface area contributed by atoms with Crippen molar-refractivity contribution in [1.29, 1.82) is 0 Å². The highest BCUT2D eigenvalue weighted by Gasteiger charge is 2.34. The fourth-order valence-electron chi connectivity index (χ4n) is 3.58. The number of benzene rings is 3. The van der Waals surface area contributed by atoms with Gasteiger partial charge in [-0.2, -0.15) is 0 Å². The molecule has 0 unspecified atom stereocenters. The maximum atomic E-state index is 13.5. The molecule has 39 heavy (non-hydrogen) atoms. The van der Waals surface area contributed by atoms with Crippen molar-refractivity contribution in [3.8, 4) is 5.75 Å². The average molecular weight is 675 g/mol. The van der Waals surface area contributed by atoms with E-state index in [1.54, 1.807) is 61.5 Å². The van der Waals surface area contributed by atoms with Crippen molar-refractivity contribution in [3.05, 3.63) is 114 Å². The van der Waals surface area contributed by atoms with Crippen LogP contribution in [0, 0.1) is 12.7 Å². The number of amides is 1. The summed E-state index contributed by atoms with van der Waals surface area (Å²) in [5.41, 5.74) is 2.52. The maximum absolute atomic E-state index is 13.5. The zero-order chi connectivity index (χ0) is 28.1. The number of carbonyl (C=O) groups is 2. The number of thioether (sulfide) groups is 1. The number of aryl methyl sites for hydroxylation is 1. The van der Waals surface area contributed by atoms with Crippen LogP contribution in [0.3, 0.4) is 0 Å². The second-order valence-electron chi connectivity index (χ2n) is 8.38. The van der Waals surface area contributed by atoms with Crippen molar-refractivity contribution in [2.24, 2.45) is 4.99 Å². The molecule has 0 fully saturated rings. The van der Waals surface area contributed by atoms with E-state index in [2.05, 4.69) is 36.9 Å². The molecule has 3 aromatic rings. The lowest BCUT2D eigenvalue weighted by Crippen LogP contribution is -2.14. The van der Waals surface area contributed by atoms with E-state index in [-0.39, 0.29) is 35.4 Å². The Morgan fingerprint density at radius 2 is 1.77 bits per heavy atom. The summed E-state index contributed by atoms with van der Waals surface area (Å²) in [6, 6.07) is 16.6. The first-order valence-electron chi connectivity index (χ1n) is 11.7. The smallest absolute Gasteiger partial charge is 0.344 e. The van der Waals surface area contributed by atoms with Crippen molar-refractivity contribution in [1.82, 2.24) is 0 Å². The molecule has 1 amide bonds. The van der Waals surface area contributed by atoms with Crippen LogP contribution in [0.15, 0.2) is 90.8 Å². The van der Waals surface area contributed by atoms with E-state index in [9.17, 15) is 19.1 Å². The lowest BCUT2D eigenvalue weighted by Gasteiger charge is -2.12. The summed E-state index contributed by atoms with van der Waals surface area (Å²) in [4.78, 5) is 29.9. The number of esters is 1. The Balaban J connectivity index is 1.63. The number of hydrogen-bond acceptors (Lipinski definition) is 6.